The summed E-state index contributed by atoms with van der Waals surface area (Å²) in [7, 11) is 1.88. The maximum absolute atomic E-state index is 10.5. The van der Waals surface area contributed by atoms with E-state index in [9.17, 15) is 5.11 Å². The van der Waals surface area contributed by atoms with Crippen molar-refractivity contribution in [2.45, 2.75) is 20.8 Å². The predicted octanol–water partition coefficient (Wildman–Crippen LogP) is 3.82. The normalized spacial score (nSPS) is 12.1. The Morgan fingerprint density at radius 3 is 2.74 bits per heavy atom. The fraction of sp³-hybridized carbons (Fsp3) is 0.200. The average molecular weight is 360 g/mol. The Labute approximate surface area is 156 Å². The number of H-pyrrole nitrogens is 1. The number of aryl methyl sites for hydroxylation is 3. The number of aromatic nitrogens is 5. The SMILES string of the molecule is CC(=Nc1cc(C)n(C)n1)c1c(O)[nH]c2cnc(-c3cnccc3C)cc12. The highest BCUT2D eigenvalue weighted by Crippen LogP contribution is 2.31. The molecule has 0 saturated carbocycles. The molecular weight excluding hydrogens is 340 g/mol. The van der Waals surface area contributed by atoms with E-state index in [0.29, 0.717) is 17.1 Å². The van der Waals surface area contributed by atoms with Crippen LogP contribution in [0.2, 0.25) is 0 Å². The van der Waals surface area contributed by atoms with Crippen LogP contribution in [-0.4, -0.2) is 35.6 Å². The summed E-state index contributed by atoms with van der Waals surface area (Å²) in [5.74, 6) is 0.680. The molecule has 136 valence electrons. The van der Waals surface area contributed by atoms with Crippen LogP contribution < -0.4 is 0 Å². The van der Waals surface area contributed by atoms with Gasteiger partial charge in [-0.1, -0.05) is 0 Å². The van der Waals surface area contributed by atoms with Crippen LogP contribution in [0.5, 0.6) is 5.88 Å². The van der Waals surface area contributed by atoms with Crippen molar-refractivity contribution in [1.29, 1.82) is 0 Å². The molecule has 7 heteroatoms. The third kappa shape index (κ3) is 2.97. The smallest absolute Gasteiger partial charge is 0.198 e. The summed E-state index contributed by atoms with van der Waals surface area (Å²) in [6, 6.07) is 5.81. The minimum atomic E-state index is 0.0701. The molecule has 4 aromatic heterocycles. The van der Waals surface area contributed by atoms with Crippen molar-refractivity contribution in [2.24, 2.45) is 12.0 Å². The number of rotatable bonds is 3. The number of hydrogen-bond donors (Lipinski definition) is 2. The van der Waals surface area contributed by atoms with Crippen LogP contribution in [0.3, 0.4) is 0 Å². The first kappa shape index (κ1) is 17.0. The van der Waals surface area contributed by atoms with Gasteiger partial charge in [0.2, 0.25) is 0 Å². The third-order valence-corrected chi connectivity index (χ3v) is 4.72. The first-order chi connectivity index (χ1) is 12.9. The Morgan fingerprint density at radius 1 is 1.22 bits per heavy atom. The van der Waals surface area contributed by atoms with Gasteiger partial charge in [0.1, 0.15) is 0 Å². The van der Waals surface area contributed by atoms with E-state index >= 15 is 0 Å². The molecule has 0 saturated heterocycles. The molecule has 0 bridgehead atoms. The molecule has 0 aliphatic heterocycles. The molecule has 0 spiro atoms. The van der Waals surface area contributed by atoms with Gasteiger partial charge in [-0.25, -0.2) is 4.99 Å². The molecule has 0 unspecified atom stereocenters. The monoisotopic (exact) mass is 360 g/mol. The van der Waals surface area contributed by atoms with Crippen molar-refractivity contribution >= 4 is 22.4 Å². The minimum absolute atomic E-state index is 0.0701. The molecule has 7 nitrogen and oxygen atoms in total. The van der Waals surface area contributed by atoms with Gasteiger partial charge < -0.3 is 10.1 Å². The van der Waals surface area contributed by atoms with Gasteiger partial charge in [-0.3, -0.25) is 14.6 Å². The Hall–Kier alpha value is -3.48. The Bertz CT molecular complexity index is 1170. The number of fused-ring (bicyclic) bond motifs is 1. The van der Waals surface area contributed by atoms with Crippen LogP contribution in [0.4, 0.5) is 5.82 Å². The minimum Gasteiger partial charge on any atom is -0.494 e. The molecule has 0 atom stereocenters. The van der Waals surface area contributed by atoms with Crippen molar-refractivity contribution in [3.05, 3.63) is 53.6 Å². The number of pyridine rings is 2. The highest BCUT2D eigenvalue weighted by atomic mass is 16.3. The predicted molar refractivity (Wildman–Crippen MR) is 106 cm³/mol. The lowest BCUT2D eigenvalue weighted by Crippen LogP contribution is -1.95. The summed E-state index contributed by atoms with van der Waals surface area (Å²) < 4.78 is 1.77. The van der Waals surface area contributed by atoms with Crippen LogP contribution in [0.15, 0.2) is 41.8 Å². The Balaban J connectivity index is 1.86. The first-order valence-electron chi connectivity index (χ1n) is 8.62. The molecule has 0 aliphatic rings. The quantitative estimate of drug-likeness (QED) is 0.543. The zero-order valence-electron chi connectivity index (χ0n) is 15.6. The highest BCUT2D eigenvalue weighted by molar-refractivity contribution is 6.13. The lowest BCUT2D eigenvalue weighted by Gasteiger charge is -2.05. The van der Waals surface area contributed by atoms with E-state index in [0.717, 1.165) is 33.4 Å². The van der Waals surface area contributed by atoms with Crippen LogP contribution >= 0.6 is 0 Å². The van der Waals surface area contributed by atoms with Gasteiger partial charge in [-0.2, -0.15) is 5.10 Å². The number of nitrogens with one attached hydrogen (secondary N) is 1. The van der Waals surface area contributed by atoms with E-state index in [4.69, 9.17) is 0 Å². The van der Waals surface area contributed by atoms with E-state index in [1.54, 1.807) is 23.3 Å². The summed E-state index contributed by atoms with van der Waals surface area (Å²) in [6.07, 6.45) is 5.28. The summed E-state index contributed by atoms with van der Waals surface area (Å²) >= 11 is 0. The first-order valence-corrected chi connectivity index (χ1v) is 8.62. The molecule has 0 radical (unpaired) electrons. The number of hydrogen-bond acceptors (Lipinski definition) is 5. The molecule has 0 aliphatic carbocycles. The number of aromatic amines is 1. The standard InChI is InChI=1S/C20H20N6O/c1-11-5-6-21-9-15(11)16-8-14-17(10-22-16)24-20(27)19(14)13(3)23-18-7-12(2)26(4)25-18/h5-10,24,27H,1-4H3. The Morgan fingerprint density at radius 2 is 2.04 bits per heavy atom. The number of aromatic hydroxyl groups is 1. The molecule has 0 amide bonds. The van der Waals surface area contributed by atoms with Gasteiger partial charge >= 0.3 is 0 Å². The molecular formula is C20H20N6O. The van der Waals surface area contributed by atoms with Crippen molar-refractivity contribution in [2.75, 3.05) is 0 Å². The highest BCUT2D eigenvalue weighted by Gasteiger charge is 2.16. The lowest BCUT2D eigenvalue weighted by atomic mass is 10.0. The maximum Gasteiger partial charge on any atom is 0.198 e. The third-order valence-electron chi connectivity index (χ3n) is 4.72. The molecule has 4 rings (SSSR count). The van der Waals surface area contributed by atoms with Crippen LogP contribution in [0.25, 0.3) is 22.2 Å². The second-order valence-corrected chi connectivity index (χ2v) is 6.62. The Kier molecular flexibility index (Phi) is 3.99. The van der Waals surface area contributed by atoms with E-state index < -0.39 is 0 Å². The largest absolute Gasteiger partial charge is 0.494 e. The zero-order valence-corrected chi connectivity index (χ0v) is 15.6. The summed E-state index contributed by atoms with van der Waals surface area (Å²) in [4.78, 5) is 16.3. The van der Waals surface area contributed by atoms with Crippen LogP contribution in [-0.2, 0) is 7.05 Å². The summed E-state index contributed by atoms with van der Waals surface area (Å²) in [6.45, 7) is 5.86. The fourth-order valence-electron chi connectivity index (χ4n) is 3.15. The van der Waals surface area contributed by atoms with E-state index in [2.05, 4.69) is 25.0 Å². The van der Waals surface area contributed by atoms with Gasteiger partial charge in [-0.15, -0.1) is 0 Å². The van der Waals surface area contributed by atoms with Gasteiger partial charge in [0.25, 0.3) is 0 Å². The van der Waals surface area contributed by atoms with Crippen molar-refractivity contribution < 1.29 is 5.11 Å². The molecule has 2 N–H and O–H groups in total. The molecule has 0 fully saturated rings. The summed E-state index contributed by atoms with van der Waals surface area (Å²) in [5, 5.41) is 15.7. The lowest BCUT2D eigenvalue weighted by molar-refractivity contribution is 0.457. The van der Waals surface area contributed by atoms with Crippen molar-refractivity contribution in [3.8, 4) is 17.1 Å². The fourth-order valence-corrected chi connectivity index (χ4v) is 3.15. The zero-order chi connectivity index (χ0) is 19.1. The van der Waals surface area contributed by atoms with Crippen LogP contribution in [0.1, 0.15) is 23.7 Å². The van der Waals surface area contributed by atoms with E-state index in [1.807, 2.05) is 46.0 Å². The van der Waals surface area contributed by atoms with Gasteiger partial charge in [0.05, 0.1) is 28.7 Å². The summed E-state index contributed by atoms with van der Waals surface area (Å²) in [5.41, 5.74) is 5.95. The number of aliphatic imine (C=N–C) groups is 1. The van der Waals surface area contributed by atoms with Crippen LogP contribution in [0, 0.1) is 13.8 Å². The van der Waals surface area contributed by atoms with Crippen molar-refractivity contribution in [1.82, 2.24) is 24.7 Å². The second kappa shape index (κ2) is 6.35. The topological polar surface area (TPSA) is 92.0 Å². The molecule has 0 aromatic carbocycles. The average Bonchev–Trinajstić information content (AvgIpc) is 3.12. The molecule has 27 heavy (non-hydrogen) atoms. The van der Waals surface area contributed by atoms with E-state index in [-0.39, 0.29) is 5.88 Å². The van der Waals surface area contributed by atoms with E-state index in [1.165, 1.54) is 0 Å². The second-order valence-electron chi connectivity index (χ2n) is 6.62. The number of nitrogens with zero attached hydrogens (tertiary/aromatic N) is 5. The maximum atomic E-state index is 10.5. The van der Waals surface area contributed by atoms with Gasteiger partial charge in [-0.05, 0) is 38.5 Å². The molecule has 4 aromatic rings. The molecule has 4 heterocycles. The van der Waals surface area contributed by atoms with Gasteiger partial charge in [0.15, 0.2) is 11.7 Å². The van der Waals surface area contributed by atoms with Crippen molar-refractivity contribution in [3.63, 3.8) is 0 Å². The van der Waals surface area contributed by atoms with Gasteiger partial charge in [0, 0.05) is 42.2 Å².